The number of benzene rings is 2. The van der Waals surface area contributed by atoms with E-state index in [1.807, 2.05) is 56.3 Å². The second-order valence-corrected chi connectivity index (χ2v) is 10.9. The highest BCUT2D eigenvalue weighted by atomic mass is 16.6. The number of aromatic nitrogens is 1. The first-order valence-electron chi connectivity index (χ1n) is 14.6. The van der Waals surface area contributed by atoms with Gasteiger partial charge in [0.15, 0.2) is 0 Å². The van der Waals surface area contributed by atoms with Gasteiger partial charge in [-0.05, 0) is 30.0 Å². The van der Waals surface area contributed by atoms with Crippen LogP contribution in [-0.4, -0.2) is 71.9 Å². The topological polar surface area (TPSA) is 185 Å². The summed E-state index contributed by atoms with van der Waals surface area (Å²) < 4.78 is 5.87. The lowest BCUT2D eigenvalue weighted by Crippen LogP contribution is -2.53. The summed E-state index contributed by atoms with van der Waals surface area (Å²) in [5.74, 6) is -2.39. The van der Waals surface area contributed by atoms with Crippen LogP contribution in [0, 0.1) is 5.92 Å². The number of rotatable bonds is 16. The Hall–Kier alpha value is -4.84. The number of epoxide rings is 1. The first kappa shape index (κ1) is 32.1. The van der Waals surface area contributed by atoms with Crippen molar-refractivity contribution in [3.63, 3.8) is 0 Å². The lowest BCUT2D eigenvalue weighted by molar-refractivity contribution is -0.127. The molecule has 0 bridgehead atoms. The number of amides is 5. The smallest absolute Gasteiger partial charge is 0.270 e. The molecule has 6 N–H and O–H groups in total. The van der Waals surface area contributed by atoms with Crippen molar-refractivity contribution in [1.29, 1.82) is 0 Å². The normalized spacial score (nSPS) is 18.2. The van der Waals surface area contributed by atoms with E-state index in [0.29, 0.717) is 24.8 Å². The van der Waals surface area contributed by atoms with Gasteiger partial charge in [0.1, 0.15) is 30.0 Å². The van der Waals surface area contributed by atoms with Crippen molar-refractivity contribution in [2.24, 2.45) is 11.7 Å². The summed E-state index contributed by atoms with van der Waals surface area (Å²) in [6, 6.07) is 17.6. The zero-order chi connectivity index (χ0) is 31.6. The van der Waals surface area contributed by atoms with Crippen LogP contribution >= 0.6 is 0 Å². The minimum Gasteiger partial charge on any atom is -0.370 e. The molecule has 6 atom stereocenters. The second-order valence-electron chi connectivity index (χ2n) is 10.9. The molecule has 0 aliphatic carbocycles. The molecule has 5 amide bonds. The highest BCUT2D eigenvalue weighted by molar-refractivity contribution is 5.99. The van der Waals surface area contributed by atoms with Gasteiger partial charge in [0, 0.05) is 11.9 Å². The molecule has 0 spiro atoms. The van der Waals surface area contributed by atoms with Crippen molar-refractivity contribution in [2.45, 2.75) is 63.4 Å². The summed E-state index contributed by atoms with van der Waals surface area (Å²) in [7, 11) is 0. The average molecular weight is 603 g/mol. The van der Waals surface area contributed by atoms with E-state index in [9.17, 15) is 24.0 Å². The molecule has 0 saturated carbocycles. The van der Waals surface area contributed by atoms with Gasteiger partial charge in [-0.15, -0.1) is 0 Å². The minimum absolute atomic E-state index is 0.0663. The summed E-state index contributed by atoms with van der Waals surface area (Å²) >= 11 is 0. The van der Waals surface area contributed by atoms with Crippen molar-refractivity contribution < 1.29 is 28.7 Å². The summed E-state index contributed by atoms with van der Waals surface area (Å²) in [6.45, 7) is 3.98. The van der Waals surface area contributed by atoms with Crippen LogP contribution in [0.3, 0.4) is 0 Å². The molecule has 1 aliphatic rings. The molecule has 2 aromatic carbocycles. The molecule has 1 saturated heterocycles. The van der Waals surface area contributed by atoms with Gasteiger partial charge in [0.2, 0.25) is 24.1 Å². The highest BCUT2D eigenvalue weighted by Gasteiger charge is 2.46. The summed E-state index contributed by atoms with van der Waals surface area (Å²) in [5.41, 5.74) is 7.07. The van der Waals surface area contributed by atoms with Crippen LogP contribution < -0.4 is 27.0 Å². The number of hydrogen-bond acceptors (Lipinski definition) is 7. The van der Waals surface area contributed by atoms with Crippen molar-refractivity contribution in [1.82, 2.24) is 26.3 Å². The first-order valence-corrected chi connectivity index (χ1v) is 14.6. The lowest BCUT2D eigenvalue weighted by atomic mass is 9.98. The monoisotopic (exact) mass is 602 g/mol. The Morgan fingerprint density at radius 3 is 2.41 bits per heavy atom. The number of hydrogen-bond donors (Lipinski definition) is 5. The van der Waals surface area contributed by atoms with Crippen molar-refractivity contribution in [3.05, 3.63) is 78.0 Å². The zero-order valence-electron chi connectivity index (χ0n) is 24.7. The molecule has 4 rings (SSSR count). The molecular weight excluding hydrogens is 564 g/mol. The highest BCUT2D eigenvalue weighted by Crippen LogP contribution is 2.27. The predicted octanol–water partition coefficient (Wildman–Crippen LogP) is 0.980. The molecule has 2 unspecified atom stereocenters. The molecule has 44 heavy (non-hydrogen) atoms. The van der Waals surface area contributed by atoms with Crippen LogP contribution in [0.15, 0.2) is 66.7 Å². The molecule has 0 radical (unpaired) electrons. The zero-order valence-corrected chi connectivity index (χ0v) is 24.7. The Kier molecular flexibility index (Phi) is 11.0. The number of fused-ring (bicyclic) bond motifs is 1. The van der Waals surface area contributed by atoms with Gasteiger partial charge in [-0.3, -0.25) is 24.0 Å². The van der Waals surface area contributed by atoms with Gasteiger partial charge in [-0.1, -0.05) is 74.9 Å². The fraction of sp³-hybridized carbons (Fsp3) is 0.375. The van der Waals surface area contributed by atoms with Crippen molar-refractivity contribution in [3.8, 4) is 0 Å². The third-order valence-electron chi connectivity index (χ3n) is 7.72. The van der Waals surface area contributed by atoms with Crippen LogP contribution in [0.25, 0.3) is 10.9 Å². The average Bonchev–Trinajstić information content (AvgIpc) is 3.81. The van der Waals surface area contributed by atoms with E-state index in [1.165, 1.54) is 0 Å². The number of para-hydroxylation sites is 1. The lowest BCUT2D eigenvalue weighted by Gasteiger charge is -2.23. The van der Waals surface area contributed by atoms with Gasteiger partial charge < -0.3 is 31.7 Å². The fourth-order valence-electron chi connectivity index (χ4n) is 5.03. The van der Waals surface area contributed by atoms with Gasteiger partial charge >= 0.3 is 0 Å². The quantitative estimate of drug-likeness (QED) is 0.119. The standard InChI is InChI=1S/C32H38N6O6/c1-3-19(2)28(35-18-39)32(43)34-17-26-29(44-26)24(15-20-9-5-4-6-10-20)37-31(42)25(16-27(33)40)38-30(41)23-14-13-21-11-7-8-12-22(21)36-23/h4-14,18-19,24-26,28-29H,3,15-17H2,1-2H3,(H2,33,40)(H,34,43)(H,35,39)(H,37,42)(H,38,41)/t19?,24-,25?,26-,28-,29+/m0/s1. The third-order valence-corrected chi connectivity index (χ3v) is 7.72. The van der Waals surface area contributed by atoms with E-state index in [0.717, 1.165) is 10.9 Å². The van der Waals surface area contributed by atoms with Crippen LogP contribution in [0.2, 0.25) is 0 Å². The predicted molar refractivity (Wildman–Crippen MR) is 163 cm³/mol. The van der Waals surface area contributed by atoms with Gasteiger partial charge in [0.25, 0.3) is 5.91 Å². The second kappa shape index (κ2) is 15.1. The third kappa shape index (κ3) is 8.60. The van der Waals surface area contributed by atoms with Crippen LogP contribution in [0.5, 0.6) is 0 Å². The van der Waals surface area contributed by atoms with Gasteiger partial charge in [-0.25, -0.2) is 4.98 Å². The van der Waals surface area contributed by atoms with Crippen molar-refractivity contribution >= 4 is 40.9 Å². The Balaban J connectivity index is 1.45. The molecule has 12 heteroatoms. The van der Waals surface area contributed by atoms with E-state index in [2.05, 4.69) is 26.3 Å². The summed E-state index contributed by atoms with van der Waals surface area (Å²) in [4.78, 5) is 66.6. The largest absolute Gasteiger partial charge is 0.370 e. The van der Waals surface area contributed by atoms with Gasteiger partial charge in [0.05, 0.1) is 18.0 Å². The van der Waals surface area contributed by atoms with Crippen LogP contribution in [0.4, 0.5) is 0 Å². The van der Waals surface area contributed by atoms with Crippen molar-refractivity contribution in [2.75, 3.05) is 6.54 Å². The molecular formula is C32H38N6O6. The van der Waals surface area contributed by atoms with E-state index >= 15 is 0 Å². The maximum absolute atomic E-state index is 13.5. The minimum atomic E-state index is -1.26. The molecule has 1 aliphatic heterocycles. The van der Waals surface area contributed by atoms with Crippen LogP contribution in [-0.2, 0) is 30.3 Å². The maximum Gasteiger partial charge on any atom is 0.270 e. The molecule has 232 valence electrons. The molecule has 1 aromatic heterocycles. The maximum atomic E-state index is 13.5. The number of ether oxygens (including phenoxy) is 1. The number of carbonyl (C=O) groups is 5. The summed E-state index contributed by atoms with van der Waals surface area (Å²) in [5, 5.41) is 11.8. The van der Waals surface area contributed by atoms with Gasteiger partial charge in [-0.2, -0.15) is 0 Å². The fourth-order valence-corrected chi connectivity index (χ4v) is 5.03. The molecule has 1 fully saturated rings. The number of nitrogens with two attached hydrogens (primary N) is 1. The van der Waals surface area contributed by atoms with E-state index in [4.69, 9.17) is 10.5 Å². The van der Waals surface area contributed by atoms with E-state index in [-0.39, 0.29) is 24.1 Å². The van der Waals surface area contributed by atoms with Crippen LogP contribution in [0.1, 0.15) is 42.7 Å². The first-order chi connectivity index (χ1) is 21.2. The Bertz CT molecular complexity index is 1480. The summed E-state index contributed by atoms with van der Waals surface area (Å²) in [6.07, 6.45) is 0.338. The van der Waals surface area contributed by atoms with E-state index < -0.39 is 54.5 Å². The number of carbonyl (C=O) groups excluding carboxylic acids is 5. The van der Waals surface area contributed by atoms with E-state index in [1.54, 1.807) is 24.3 Å². The number of nitrogens with one attached hydrogen (secondary N) is 4. The number of nitrogens with zero attached hydrogens (tertiary/aromatic N) is 1. The molecule has 2 heterocycles. The molecule has 3 aromatic rings. The molecule has 12 nitrogen and oxygen atoms in total. The number of pyridine rings is 1. The Labute approximate surface area is 255 Å². The Morgan fingerprint density at radius 2 is 1.70 bits per heavy atom. The Morgan fingerprint density at radius 1 is 0.977 bits per heavy atom. The SMILES string of the molecule is CCC(C)[C@H](NC=O)C(=O)NC[C@@H]1O[C@@H]1[C@H](Cc1ccccc1)NC(=O)C(CC(N)=O)NC(=O)c1ccc2ccccc2n1. The number of primary amides is 1.